The van der Waals surface area contributed by atoms with Crippen molar-refractivity contribution in [3.05, 3.63) is 35.9 Å². The SMILES string of the molecule is CCN(CC)C(CNC(=NC)NCCCOCC1CCOC1)Cc1ccccc1. The molecule has 0 aromatic heterocycles. The molecule has 0 radical (unpaired) electrons. The van der Waals surface area contributed by atoms with E-state index in [4.69, 9.17) is 9.47 Å². The number of likely N-dealkylation sites (N-methyl/N-ethyl adjacent to an activating group) is 1. The normalized spacial score (nSPS) is 18.2. The van der Waals surface area contributed by atoms with Crippen LogP contribution in [0.4, 0.5) is 0 Å². The summed E-state index contributed by atoms with van der Waals surface area (Å²) in [5.41, 5.74) is 1.37. The van der Waals surface area contributed by atoms with Crippen LogP contribution >= 0.6 is 0 Å². The van der Waals surface area contributed by atoms with Gasteiger partial charge in [0.25, 0.3) is 0 Å². The summed E-state index contributed by atoms with van der Waals surface area (Å²) in [6.07, 6.45) is 3.13. The van der Waals surface area contributed by atoms with Crippen molar-refractivity contribution in [3.63, 3.8) is 0 Å². The number of ether oxygens (including phenoxy) is 2. The van der Waals surface area contributed by atoms with Gasteiger partial charge in [0.2, 0.25) is 0 Å². The zero-order valence-corrected chi connectivity index (χ0v) is 18.5. The molecule has 1 fully saturated rings. The molecule has 2 unspecified atom stereocenters. The quantitative estimate of drug-likeness (QED) is 0.301. The maximum Gasteiger partial charge on any atom is 0.191 e. The smallest absolute Gasteiger partial charge is 0.191 e. The molecule has 29 heavy (non-hydrogen) atoms. The molecule has 1 aliphatic rings. The lowest BCUT2D eigenvalue weighted by atomic mass is 10.0. The average molecular weight is 405 g/mol. The number of rotatable bonds is 13. The Kier molecular flexibility index (Phi) is 11.7. The number of aliphatic imine (C=N–C) groups is 1. The fraction of sp³-hybridized carbons (Fsp3) is 0.696. The van der Waals surface area contributed by atoms with E-state index in [-0.39, 0.29) is 0 Å². The van der Waals surface area contributed by atoms with Crippen LogP contribution in [0.1, 0.15) is 32.3 Å². The Morgan fingerprint density at radius 1 is 1.24 bits per heavy atom. The highest BCUT2D eigenvalue weighted by Gasteiger charge is 2.17. The third kappa shape index (κ3) is 9.15. The predicted molar refractivity (Wildman–Crippen MR) is 121 cm³/mol. The zero-order chi connectivity index (χ0) is 20.7. The minimum absolute atomic E-state index is 0.433. The van der Waals surface area contributed by atoms with Gasteiger partial charge in [-0.15, -0.1) is 0 Å². The lowest BCUT2D eigenvalue weighted by Crippen LogP contribution is -2.48. The molecule has 0 amide bonds. The van der Waals surface area contributed by atoms with Gasteiger partial charge in [0.15, 0.2) is 5.96 Å². The summed E-state index contributed by atoms with van der Waals surface area (Å²) in [7, 11) is 1.83. The Labute approximate surface area is 177 Å². The van der Waals surface area contributed by atoms with E-state index in [1.165, 1.54) is 5.56 Å². The summed E-state index contributed by atoms with van der Waals surface area (Å²) in [4.78, 5) is 6.89. The molecular formula is C23H40N4O2. The first-order valence-corrected chi connectivity index (χ1v) is 11.1. The Hall–Kier alpha value is -1.63. The van der Waals surface area contributed by atoms with E-state index in [2.05, 4.69) is 64.7 Å². The average Bonchev–Trinajstić information content (AvgIpc) is 3.27. The molecule has 1 aromatic carbocycles. The first kappa shape index (κ1) is 23.6. The maximum absolute atomic E-state index is 5.77. The van der Waals surface area contributed by atoms with Crippen molar-refractivity contribution in [2.75, 3.05) is 59.7 Å². The van der Waals surface area contributed by atoms with Crippen LogP contribution in [-0.2, 0) is 15.9 Å². The van der Waals surface area contributed by atoms with Gasteiger partial charge in [-0.2, -0.15) is 0 Å². The molecule has 2 atom stereocenters. The number of nitrogens with zero attached hydrogens (tertiary/aromatic N) is 2. The predicted octanol–water partition coefficient (Wildman–Crippen LogP) is 2.55. The van der Waals surface area contributed by atoms with Crippen LogP contribution in [0.2, 0.25) is 0 Å². The van der Waals surface area contributed by atoms with Gasteiger partial charge >= 0.3 is 0 Å². The van der Waals surface area contributed by atoms with Crippen LogP contribution < -0.4 is 10.6 Å². The van der Waals surface area contributed by atoms with Crippen LogP contribution in [-0.4, -0.2) is 76.6 Å². The van der Waals surface area contributed by atoms with E-state index in [9.17, 15) is 0 Å². The Bertz CT molecular complexity index is 557. The Balaban J connectivity index is 1.69. The van der Waals surface area contributed by atoms with E-state index >= 15 is 0 Å². The molecule has 164 valence electrons. The molecule has 1 heterocycles. The molecule has 1 saturated heterocycles. The minimum atomic E-state index is 0.433. The van der Waals surface area contributed by atoms with Crippen molar-refractivity contribution in [3.8, 4) is 0 Å². The Morgan fingerprint density at radius 2 is 2.03 bits per heavy atom. The van der Waals surface area contributed by atoms with Gasteiger partial charge in [-0.05, 0) is 37.9 Å². The second kappa shape index (κ2) is 14.4. The second-order valence-electron chi connectivity index (χ2n) is 7.60. The summed E-state index contributed by atoms with van der Waals surface area (Å²) in [5, 5.41) is 6.92. The topological polar surface area (TPSA) is 58.1 Å². The number of hydrogen-bond acceptors (Lipinski definition) is 4. The molecule has 1 aliphatic heterocycles. The van der Waals surface area contributed by atoms with Crippen molar-refractivity contribution in [1.29, 1.82) is 0 Å². The van der Waals surface area contributed by atoms with E-state index in [0.717, 1.165) is 77.8 Å². The molecule has 6 nitrogen and oxygen atoms in total. The third-order valence-electron chi connectivity index (χ3n) is 5.51. The summed E-state index contributed by atoms with van der Waals surface area (Å²) >= 11 is 0. The van der Waals surface area contributed by atoms with Crippen LogP contribution in [0.15, 0.2) is 35.3 Å². The highest BCUT2D eigenvalue weighted by atomic mass is 16.5. The molecular weight excluding hydrogens is 364 g/mol. The van der Waals surface area contributed by atoms with Crippen molar-refractivity contribution in [2.45, 2.75) is 39.2 Å². The van der Waals surface area contributed by atoms with Gasteiger partial charge in [0.1, 0.15) is 0 Å². The van der Waals surface area contributed by atoms with Gasteiger partial charge in [-0.3, -0.25) is 9.89 Å². The van der Waals surface area contributed by atoms with Gasteiger partial charge in [0, 0.05) is 45.3 Å². The molecule has 0 aliphatic carbocycles. The molecule has 0 saturated carbocycles. The lowest BCUT2D eigenvalue weighted by Gasteiger charge is -2.30. The van der Waals surface area contributed by atoms with Crippen LogP contribution in [0.3, 0.4) is 0 Å². The fourth-order valence-corrected chi connectivity index (χ4v) is 3.74. The van der Waals surface area contributed by atoms with Gasteiger partial charge in [0.05, 0.1) is 13.2 Å². The monoisotopic (exact) mass is 404 g/mol. The lowest BCUT2D eigenvalue weighted by molar-refractivity contribution is 0.0888. The molecule has 1 aromatic rings. The van der Waals surface area contributed by atoms with E-state index in [1.54, 1.807) is 0 Å². The zero-order valence-electron chi connectivity index (χ0n) is 18.5. The van der Waals surface area contributed by atoms with Crippen molar-refractivity contribution in [1.82, 2.24) is 15.5 Å². The highest BCUT2D eigenvalue weighted by molar-refractivity contribution is 5.79. The van der Waals surface area contributed by atoms with Crippen molar-refractivity contribution >= 4 is 5.96 Å². The Morgan fingerprint density at radius 3 is 2.69 bits per heavy atom. The van der Waals surface area contributed by atoms with Crippen molar-refractivity contribution < 1.29 is 9.47 Å². The van der Waals surface area contributed by atoms with E-state index in [0.29, 0.717) is 12.0 Å². The molecule has 2 rings (SSSR count). The number of nitrogens with one attached hydrogen (secondary N) is 2. The van der Waals surface area contributed by atoms with Gasteiger partial charge in [-0.25, -0.2) is 0 Å². The minimum Gasteiger partial charge on any atom is -0.381 e. The summed E-state index contributed by atoms with van der Waals surface area (Å²) in [6.45, 7) is 11.6. The maximum atomic E-state index is 5.77. The van der Waals surface area contributed by atoms with E-state index in [1.807, 2.05) is 7.05 Å². The van der Waals surface area contributed by atoms with E-state index < -0.39 is 0 Å². The van der Waals surface area contributed by atoms with Gasteiger partial charge < -0.3 is 20.1 Å². The van der Waals surface area contributed by atoms with Crippen LogP contribution in [0, 0.1) is 5.92 Å². The third-order valence-corrected chi connectivity index (χ3v) is 5.51. The molecule has 0 bridgehead atoms. The number of benzene rings is 1. The molecule has 2 N–H and O–H groups in total. The largest absolute Gasteiger partial charge is 0.381 e. The molecule has 0 spiro atoms. The van der Waals surface area contributed by atoms with Crippen molar-refractivity contribution in [2.24, 2.45) is 10.9 Å². The summed E-state index contributed by atoms with van der Waals surface area (Å²) < 4.78 is 11.1. The standard InChI is InChI=1S/C23H40N4O2/c1-4-27(5-2)22(16-20-10-7-6-8-11-20)17-26-23(24-3)25-13-9-14-28-18-21-12-15-29-19-21/h6-8,10-11,21-22H,4-5,9,12-19H2,1-3H3,(H2,24,25,26). The summed E-state index contributed by atoms with van der Waals surface area (Å²) in [6, 6.07) is 11.2. The first-order valence-electron chi connectivity index (χ1n) is 11.1. The fourth-order valence-electron chi connectivity index (χ4n) is 3.74. The number of guanidine groups is 1. The van der Waals surface area contributed by atoms with Crippen LogP contribution in [0.5, 0.6) is 0 Å². The highest BCUT2D eigenvalue weighted by Crippen LogP contribution is 2.12. The molecule has 6 heteroatoms. The van der Waals surface area contributed by atoms with Gasteiger partial charge in [-0.1, -0.05) is 44.2 Å². The first-order chi connectivity index (χ1) is 14.3. The summed E-state index contributed by atoms with van der Waals surface area (Å²) in [5.74, 6) is 1.44. The number of hydrogen-bond donors (Lipinski definition) is 2. The second-order valence-corrected chi connectivity index (χ2v) is 7.60. The van der Waals surface area contributed by atoms with Crippen LogP contribution in [0.25, 0.3) is 0 Å².